The zero-order chi connectivity index (χ0) is 15.5. The Kier molecular flexibility index (Phi) is 5.49. The molecule has 2 heterocycles. The molecular weight excluding hydrogens is 268 g/mol. The molecule has 0 aromatic rings. The van der Waals surface area contributed by atoms with Crippen LogP contribution in [0.15, 0.2) is 0 Å². The molecule has 0 bridgehead atoms. The van der Waals surface area contributed by atoms with Crippen LogP contribution in [0.5, 0.6) is 0 Å². The highest BCUT2D eigenvalue weighted by molar-refractivity contribution is 5.68. The lowest BCUT2D eigenvalue weighted by Crippen LogP contribution is -2.49. The number of rotatable bonds is 2. The minimum atomic E-state index is -0.431. The molecule has 2 aliphatic heterocycles. The minimum absolute atomic E-state index is 0.181. The average molecular weight is 298 g/mol. The van der Waals surface area contributed by atoms with Gasteiger partial charge in [-0.25, -0.2) is 4.79 Å². The van der Waals surface area contributed by atoms with E-state index in [0.717, 1.165) is 45.3 Å². The lowest BCUT2D eigenvalue weighted by molar-refractivity contribution is -0.0667. The molecule has 5 heteroatoms. The number of piperidine rings is 2. The van der Waals surface area contributed by atoms with Crippen molar-refractivity contribution >= 4 is 6.09 Å². The molecule has 122 valence electrons. The largest absolute Gasteiger partial charge is 0.444 e. The van der Waals surface area contributed by atoms with Gasteiger partial charge in [0.25, 0.3) is 0 Å². The van der Waals surface area contributed by atoms with E-state index in [1.807, 2.05) is 25.7 Å². The first-order valence-electron chi connectivity index (χ1n) is 8.21. The van der Waals surface area contributed by atoms with Gasteiger partial charge in [0.15, 0.2) is 0 Å². The first-order chi connectivity index (χ1) is 9.85. The Morgan fingerprint density at radius 2 is 1.81 bits per heavy atom. The monoisotopic (exact) mass is 298 g/mol. The Labute approximate surface area is 128 Å². The van der Waals surface area contributed by atoms with Crippen LogP contribution in [-0.4, -0.2) is 54.5 Å². The summed E-state index contributed by atoms with van der Waals surface area (Å²) in [5.41, 5.74) is -0.431. The third kappa shape index (κ3) is 5.15. The van der Waals surface area contributed by atoms with Gasteiger partial charge in [0.2, 0.25) is 0 Å². The van der Waals surface area contributed by atoms with Gasteiger partial charge in [-0.3, -0.25) is 0 Å². The summed E-state index contributed by atoms with van der Waals surface area (Å²) >= 11 is 0. The van der Waals surface area contributed by atoms with Crippen LogP contribution >= 0.6 is 0 Å². The smallest absolute Gasteiger partial charge is 0.410 e. The van der Waals surface area contributed by atoms with Gasteiger partial charge in [-0.2, -0.15) is 0 Å². The van der Waals surface area contributed by atoms with Crippen LogP contribution in [0.3, 0.4) is 0 Å². The van der Waals surface area contributed by atoms with Crippen LogP contribution in [-0.2, 0) is 9.47 Å². The number of amides is 1. The summed E-state index contributed by atoms with van der Waals surface area (Å²) in [6.07, 6.45) is 4.48. The number of hydrogen-bond donors (Lipinski definition) is 1. The molecule has 1 N–H and O–H groups in total. The molecule has 0 radical (unpaired) electrons. The van der Waals surface area contributed by atoms with Crippen molar-refractivity contribution in [1.82, 2.24) is 10.2 Å². The number of likely N-dealkylation sites (tertiary alicyclic amines) is 1. The maximum atomic E-state index is 12.2. The molecule has 21 heavy (non-hydrogen) atoms. The van der Waals surface area contributed by atoms with Gasteiger partial charge in [0, 0.05) is 12.6 Å². The van der Waals surface area contributed by atoms with E-state index in [1.54, 1.807) is 0 Å². The number of carbonyl (C=O) groups is 1. The van der Waals surface area contributed by atoms with E-state index in [4.69, 9.17) is 9.47 Å². The van der Waals surface area contributed by atoms with Gasteiger partial charge >= 0.3 is 6.09 Å². The van der Waals surface area contributed by atoms with Gasteiger partial charge in [0.05, 0.1) is 12.2 Å². The summed E-state index contributed by atoms with van der Waals surface area (Å²) in [6.45, 7) is 10.6. The van der Waals surface area contributed by atoms with E-state index in [9.17, 15) is 4.79 Å². The topological polar surface area (TPSA) is 50.8 Å². The standard InChI is InChI=1S/C16H30N2O3/c1-12-11-14(20-13-5-8-17-9-6-13)7-10-18(12)15(19)21-16(2,3)4/h12-14,17H,5-11H2,1-4H3/t12-,14+/m1/s1. The van der Waals surface area contributed by atoms with Crippen LogP contribution in [0.25, 0.3) is 0 Å². The predicted molar refractivity (Wildman–Crippen MR) is 82.4 cm³/mol. The molecule has 2 aliphatic rings. The highest BCUT2D eigenvalue weighted by atomic mass is 16.6. The van der Waals surface area contributed by atoms with Crippen molar-refractivity contribution in [3.63, 3.8) is 0 Å². The number of carbonyl (C=O) groups excluding carboxylic acids is 1. The normalized spacial score (nSPS) is 28.5. The summed E-state index contributed by atoms with van der Waals surface area (Å²) in [7, 11) is 0. The number of ether oxygens (including phenoxy) is 2. The molecule has 2 saturated heterocycles. The molecule has 0 aromatic carbocycles. The third-order valence-electron chi connectivity index (χ3n) is 4.13. The second-order valence-electron chi connectivity index (χ2n) is 7.25. The minimum Gasteiger partial charge on any atom is -0.444 e. The van der Waals surface area contributed by atoms with Gasteiger partial charge in [0.1, 0.15) is 5.60 Å². The van der Waals surface area contributed by atoms with Gasteiger partial charge in [-0.1, -0.05) is 0 Å². The van der Waals surface area contributed by atoms with Gasteiger partial charge in [-0.05, 0) is 66.5 Å². The molecule has 0 spiro atoms. The van der Waals surface area contributed by atoms with Crippen molar-refractivity contribution in [2.45, 2.75) is 77.2 Å². The lowest BCUT2D eigenvalue weighted by atomic mass is 10.00. The maximum Gasteiger partial charge on any atom is 0.410 e. The molecule has 2 rings (SSSR count). The second kappa shape index (κ2) is 6.97. The third-order valence-corrected chi connectivity index (χ3v) is 4.13. The number of nitrogens with zero attached hydrogens (tertiary/aromatic N) is 1. The molecular formula is C16H30N2O3. The fraction of sp³-hybridized carbons (Fsp3) is 0.938. The molecule has 1 amide bonds. The van der Waals surface area contributed by atoms with Crippen molar-refractivity contribution in [1.29, 1.82) is 0 Å². The Bertz CT molecular complexity index is 348. The summed E-state index contributed by atoms with van der Waals surface area (Å²) < 4.78 is 11.7. The van der Waals surface area contributed by atoms with E-state index in [0.29, 0.717) is 6.10 Å². The molecule has 0 aromatic heterocycles. The van der Waals surface area contributed by atoms with Crippen LogP contribution in [0.2, 0.25) is 0 Å². The van der Waals surface area contributed by atoms with Crippen molar-refractivity contribution in [3.05, 3.63) is 0 Å². The van der Waals surface area contributed by atoms with E-state index >= 15 is 0 Å². The van der Waals surface area contributed by atoms with Crippen LogP contribution in [0.4, 0.5) is 4.79 Å². The zero-order valence-electron chi connectivity index (χ0n) is 13.9. The van der Waals surface area contributed by atoms with E-state index in [-0.39, 0.29) is 18.2 Å². The maximum absolute atomic E-state index is 12.2. The summed E-state index contributed by atoms with van der Waals surface area (Å²) in [4.78, 5) is 14.0. The highest BCUT2D eigenvalue weighted by Gasteiger charge is 2.33. The van der Waals surface area contributed by atoms with Crippen molar-refractivity contribution in [2.24, 2.45) is 0 Å². The van der Waals surface area contributed by atoms with E-state index in [2.05, 4.69) is 12.2 Å². The first kappa shape index (κ1) is 16.6. The lowest BCUT2D eigenvalue weighted by Gasteiger charge is -2.39. The Hall–Kier alpha value is -0.810. The van der Waals surface area contributed by atoms with E-state index in [1.165, 1.54) is 0 Å². The predicted octanol–water partition coefficient (Wildman–Crippen LogP) is 2.54. The Balaban J connectivity index is 1.79. The fourth-order valence-electron chi connectivity index (χ4n) is 3.05. The van der Waals surface area contributed by atoms with Crippen molar-refractivity contribution in [2.75, 3.05) is 19.6 Å². The Morgan fingerprint density at radius 1 is 1.14 bits per heavy atom. The van der Waals surface area contributed by atoms with Crippen LogP contribution in [0.1, 0.15) is 53.4 Å². The highest BCUT2D eigenvalue weighted by Crippen LogP contribution is 2.24. The van der Waals surface area contributed by atoms with Gasteiger partial charge in [-0.15, -0.1) is 0 Å². The number of nitrogens with one attached hydrogen (secondary N) is 1. The van der Waals surface area contributed by atoms with Crippen LogP contribution in [0, 0.1) is 0 Å². The zero-order valence-corrected chi connectivity index (χ0v) is 13.9. The second-order valence-corrected chi connectivity index (χ2v) is 7.25. The van der Waals surface area contributed by atoms with Gasteiger partial charge < -0.3 is 19.7 Å². The fourth-order valence-corrected chi connectivity index (χ4v) is 3.05. The summed E-state index contributed by atoms with van der Waals surface area (Å²) in [5.74, 6) is 0. The molecule has 0 aliphatic carbocycles. The van der Waals surface area contributed by atoms with Crippen LogP contribution < -0.4 is 5.32 Å². The van der Waals surface area contributed by atoms with E-state index < -0.39 is 5.60 Å². The Morgan fingerprint density at radius 3 is 2.38 bits per heavy atom. The first-order valence-corrected chi connectivity index (χ1v) is 8.21. The molecule has 5 nitrogen and oxygen atoms in total. The molecule has 0 saturated carbocycles. The summed E-state index contributed by atoms with van der Waals surface area (Å²) in [6, 6.07) is 0.181. The number of hydrogen-bond acceptors (Lipinski definition) is 4. The quantitative estimate of drug-likeness (QED) is 0.851. The molecule has 2 atom stereocenters. The van der Waals surface area contributed by atoms with Crippen molar-refractivity contribution < 1.29 is 14.3 Å². The molecule has 2 fully saturated rings. The SMILES string of the molecule is C[C@@H]1C[C@@H](OC2CCNCC2)CCN1C(=O)OC(C)(C)C. The average Bonchev–Trinajstić information content (AvgIpc) is 2.37. The van der Waals surface area contributed by atoms with Crippen molar-refractivity contribution in [3.8, 4) is 0 Å². The molecule has 0 unspecified atom stereocenters. The summed E-state index contributed by atoms with van der Waals surface area (Å²) in [5, 5.41) is 3.35.